The zero-order valence-corrected chi connectivity index (χ0v) is 10.6. The lowest BCUT2D eigenvalue weighted by Gasteiger charge is -2.24. The predicted molar refractivity (Wildman–Crippen MR) is 67.1 cm³/mol. The molecule has 0 spiro atoms. The molecular formula is C13H18FNO4. The molecule has 19 heavy (non-hydrogen) atoms. The maximum Gasteiger partial charge on any atom is 0.305 e. The van der Waals surface area contributed by atoms with Gasteiger partial charge < -0.3 is 20.6 Å². The lowest BCUT2D eigenvalue weighted by molar-refractivity contribution is -0.138. The van der Waals surface area contributed by atoms with Crippen LogP contribution in [-0.4, -0.2) is 40.0 Å². The third-order valence-electron chi connectivity index (χ3n) is 2.66. The fourth-order valence-electron chi connectivity index (χ4n) is 1.70. The van der Waals surface area contributed by atoms with Crippen molar-refractivity contribution in [2.75, 3.05) is 6.54 Å². The average Bonchev–Trinajstić information content (AvgIpc) is 2.34. The number of aliphatic hydroxyl groups excluding tert-OH is 2. The Labute approximate surface area is 110 Å². The van der Waals surface area contributed by atoms with Gasteiger partial charge in [-0.3, -0.25) is 4.79 Å². The molecule has 1 aromatic carbocycles. The number of benzene rings is 1. The second kappa shape index (κ2) is 7.18. The van der Waals surface area contributed by atoms with Crippen molar-refractivity contribution in [3.63, 3.8) is 0 Å². The van der Waals surface area contributed by atoms with Gasteiger partial charge >= 0.3 is 5.97 Å². The van der Waals surface area contributed by atoms with E-state index in [1.807, 2.05) is 0 Å². The Hall–Kier alpha value is -1.50. The number of aliphatic carboxylic acids is 1. The summed E-state index contributed by atoms with van der Waals surface area (Å²) in [6, 6.07) is 4.45. The topological polar surface area (TPSA) is 89.8 Å². The summed E-state index contributed by atoms with van der Waals surface area (Å²) in [7, 11) is 0. The van der Waals surface area contributed by atoms with Crippen molar-refractivity contribution >= 4 is 5.97 Å². The van der Waals surface area contributed by atoms with Crippen molar-refractivity contribution < 1.29 is 24.5 Å². The molecular weight excluding hydrogens is 253 g/mol. The molecule has 0 radical (unpaired) electrons. The highest BCUT2D eigenvalue weighted by Crippen LogP contribution is 2.19. The molecule has 0 aliphatic rings. The molecule has 6 heteroatoms. The SMILES string of the molecule is CC(O)CNC(CC(=O)O)C(O)c1ccc(F)cc1. The first-order chi connectivity index (χ1) is 8.90. The van der Waals surface area contributed by atoms with Crippen LogP contribution in [0.2, 0.25) is 0 Å². The molecule has 0 amide bonds. The molecule has 5 nitrogen and oxygen atoms in total. The summed E-state index contributed by atoms with van der Waals surface area (Å²) in [6.45, 7) is 1.71. The van der Waals surface area contributed by atoms with Gasteiger partial charge in [-0.2, -0.15) is 0 Å². The summed E-state index contributed by atoms with van der Waals surface area (Å²) < 4.78 is 12.8. The molecule has 4 N–H and O–H groups in total. The van der Waals surface area contributed by atoms with Crippen molar-refractivity contribution in [3.8, 4) is 0 Å². The molecule has 0 bridgehead atoms. The number of nitrogens with one attached hydrogen (secondary N) is 1. The van der Waals surface area contributed by atoms with Crippen LogP contribution in [0.3, 0.4) is 0 Å². The Morgan fingerprint density at radius 2 is 1.89 bits per heavy atom. The Bertz CT molecular complexity index is 408. The maximum atomic E-state index is 12.8. The highest BCUT2D eigenvalue weighted by atomic mass is 19.1. The minimum Gasteiger partial charge on any atom is -0.481 e. The third kappa shape index (κ3) is 5.34. The number of halogens is 1. The number of carbonyl (C=O) groups is 1. The minimum atomic E-state index is -1.09. The monoisotopic (exact) mass is 271 g/mol. The highest BCUT2D eigenvalue weighted by Gasteiger charge is 2.23. The summed E-state index contributed by atoms with van der Waals surface area (Å²) in [5.41, 5.74) is 0.422. The molecule has 106 valence electrons. The molecule has 3 unspecified atom stereocenters. The van der Waals surface area contributed by atoms with Gasteiger partial charge in [-0.1, -0.05) is 12.1 Å². The number of carboxylic acids is 1. The molecule has 0 fully saturated rings. The molecule has 0 heterocycles. The second-order valence-electron chi connectivity index (χ2n) is 4.46. The third-order valence-corrected chi connectivity index (χ3v) is 2.66. The summed E-state index contributed by atoms with van der Waals surface area (Å²) in [6.07, 6.45) is -2.04. The van der Waals surface area contributed by atoms with Gasteiger partial charge in [0.1, 0.15) is 5.82 Å². The molecule has 3 atom stereocenters. The predicted octanol–water partition coefficient (Wildman–Crippen LogP) is 0.673. The summed E-state index contributed by atoms with van der Waals surface area (Å²) in [4.78, 5) is 10.8. The van der Waals surface area contributed by atoms with Crippen LogP contribution < -0.4 is 5.32 Å². The fraction of sp³-hybridized carbons (Fsp3) is 0.462. The van der Waals surface area contributed by atoms with Crippen LogP contribution in [0, 0.1) is 5.82 Å². The van der Waals surface area contributed by atoms with E-state index in [2.05, 4.69) is 5.32 Å². The molecule has 0 saturated carbocycles. The molecule has 0 aliphatic heterocycles. The smallest absolute Gasteiger partial charge is 0.305 e. The Morgan fingerprint density at radius 1 is 1.32 bits per heavy atom. The first kappa shape index (κ1) is 15.6. The normalized spacial score (nSPS) is 15.8. The quantitative estimate of drug-likeness (QED) is 0.585. The number of hydrogen-bond donors (Lipinski definition) is 4. The molecule has 0 aliphatic carbocycles. The van der Waals surface area contributed by atoms with Crippen LogP contribution in [-0.2, 0) is 4.79 Å². The lowest BCUT2D eigenvalue weighted by atomic mass is 9.99. The van der Waals surface area contributed by atoms with Crippen molar-refractivity contribution in [1.82, 2.24) is 5.32 Å². The zero-order chi connectivity index (χ0) is 14.4. The van der Waals surface area contributed by atoms with Crippen molar-refractivity contribution in [3.05, 3.63) is 35.6 Å². The van der Waals surface area contributed by atoms with E-state index < -0.39 is 30.0 Å². The van der Waals surface area contributed by atoms with Gasteiger partial charge in [-0.05, 0) is 24.6 Å². The van der Waals surface area contributed by atoms with Gasteiger partial charge in [0.15, 0.2) is 0 Å². The van der Waals surface area contributed by atoms with Crippen LogP contribution >= 0.6 is 0 Å². The van der Waals surface area contributed by atoms with Crippen LogP contribution in [0.5, 0.6) is 0 Å². The first-order valence-electron chi connectivity index (χ1n) is 5.97. The van der Waals surface area contributed by atoms with Crippen LogP contribution in [0.4, 0.5) is 4.39 Å². The molecule has 1 aromatic rings. The van der Waals surface area contributed by atoms with E-state index in [0.717, 1.165) is 0 Å². The van der Waals surface area contributed by atoms with Crippen LogP contribution in [0.25, 0.3) is 0 Å². The number of rotatable bonds is 7. The van der Waals surface area contributed by atoms with Crippen LogP contribution in [0.15, 0.2) is 24.3 Å². The van der Waals surface area contributed by atoms with Crippen molar-refractivity contribution in [1.29, 1.82) is 0 Å². The summed E-state index contributed by atoms with van der Waals surface area (Å²) in [5.74, 6) is -1.49. The summed E-state index contributed by atoms with van der Waals surface area (Å²) in [5, 5.41) is 30.9. The van der Waals surface area contributed by atoms with Gasteiger partial charge in [0.25, 0.3) is 0 Å². The van der Waals surface area contributed by atoms with Gasteiger partial charge in [0, 0.05) is 12.6 Å². The van der Waals surface area contributed by atoms with Gasteiger partial charge in [0.05, 0.1) is 18.6 Å². The molecule has 0 aromatic heterocycles. The zero-order valence-electron chi connectivity index (χ0n) is 10.6. The summed E-state index contributed by atoms with van der Waals surface area (Å²) >= 11 is 0. The van der Waals surface area contributed by atoms with E-state index in [0.29, 0.717) is 5.56 Å². The van der Waals surface area contributed by atoms with E-state index in [-0.39, 0.29) is 13.0 Å². The van der Waals surface area contributed by atoms with Crippen molar-refractivity contribution in [2.24, 2.45) is 0 Å². The molecule has 1 rings (SSSR count). The number of hydrogen-bond acceptors (Lipinski definition) is 4. The van der Waals surface area contributed by atoms with E-state index in [4.69, 9.17) is 5.11 Å². The van der Waals surface area contributed by atoms with Gasteiger partial charge in [-0.25, -0.2) is 4.39 Å². The van der Waals surface area contributed by atoms with E-state index in [1.54, 1.807) is 6.92 Å². The Morgan fingerprint density at radius 3 is 2.37 bits per heavy atom. The molecule has 0 saturated heterocycles. The average molecular weight is 271 g/mol. The lowest BCUT2D eigenvalue weighted by Crippen LogP contribution is -2.40. The van der Waals surface area contributed by atoms with E-state index in [9.17, 15) is 19.4 Å². The van der Waals surface area contributed by atoms with Gasteiger partial charge in [-0.15, -0.1) is 0 Å². The van der Waals surface area contributed by atoms with E-state index >= 15 is 0 Å². The Balaban J connectivity index is 2.77. The van der Waals surface area contributed by atoms with Crippen LogP contribution in [0.1, 0.15) is 25.0 Å². The highest BCUT2D eigenvalue weighted by molar-refractivity contribution is 5.67. The fourth-order valence-corrected chi connectivity index (χ4v) is 1.70. The van der Waals surface area contributed by atoms with Crippen molar-refractivity contribution in [2.45, 2.75) is 31.6 Å². The number of carboxylic acid groups (broad SMARTS) is 1. The van der Waals surface area contributed by atoms with Gasteiger partial charge in [0.2, 0.25) is 0 Å². The van der Waals surface area contributed by atoms with E-state index in [1.165, 1.54) is 24.3 Å². The first-order valence-corrected chi connectivity index (χ1v) is 5.97. The maximum absolute atomic E-state index is 12.8. The standard InChI is InChI=1S/C13H18FNO4/c1-8(16)7-15-11(6-12(17)18)13(19)9-2-4-10(14)5-3-9/h2-5,8,11,13,15-16,19H,6-7H2,1H3,(H,17,18). The number of aliphatic hydroxyl groups is 2. The largest absolute Gasteiger partial charge is 0.481 e. The minimum absolute atomic E-state index is 0.163. The second-order valence-corrected chi connectivity index (χ2v) is 4.46. The Kier molecular flexibility index (Phi) is 5.88.